The number of aromatic nitrogens is 2. The maximum atomic E-state index is 13.3. The number of fused-ring (bicyclic) bond motifs is 1. The van der Waals surface area contributed by atoms with Crippen molar-refractivity contribution in [2.75, 3.05) is 20.2 Å². The standard InChI is InChI=1S/C26H25N3O3/c1-19-11-6-9-16-23(19)32-18-10-17-28(2)26(31)24-21-14-7-8-15-22(21)25(30)29(27-24)20-12-4-3-5-13-20/h3-9,11-16H,10,17-18H2,1-2H3. The van der Waals surface area contributed by atoms with Crippen molar-refractivity contribution in [1.29, 1.82) is 0 Å². The molecule has 0 saturated carbocycles. The lowest BCUT2D eigenvalue weighted by Gasteiger charge is -2.19. The molecule has 0 aliphatic rings. The van der Waals surface area contributed by atoms with E-state index in [2.05, 4.69) is 5.10 Å². The number of carbonyl (C=O) groups excluding carboxylic acids is 1. The zero-order chi connectivity index (χ0) is 22.5. The molecule has 0 spiro atoms. The van der Waals surface area contributed by atoms with Gasteiger partial charge in [0, 0.05) is 19.0 Å². The highest BCUT2D eigenvalue weighted by Gasteiger charge is 2.20. The topological polar surface area (TPSA) is 64.4 Å². The lowest BCUT2D eigenvalue weighted by Crippen LogP contribution is -2.32. The Morgan fingerprint density at radius 3 is 2.34 bits per heavy atom. The van der Waals surface area contributed by atoms with Gasteiger partial charge in [-0.05, 0) is 43.2 Å². The molecular formula is C26H25N3O3. The minimum Gasteiger partial charge on any atom is -0.493 e. The molecule has 4 aromatic rings. The Kier molecular flexibility index (Phi) is 6.31. The predicted octanol–water partition coefficient (Wildman–Crippen LogP) is 4.24. The molecule has 0 aliphatic carbocycles. The van der Waals surface area contributed by atoms with E-state index in [-0.39, 0.29) is 17.2 Å². The van der Waals surface area contributed by atoms with Crippen LogP contribution in [0, 0.1) is 6.92 Å². The van der Waals surface area contributed by atoms with Gasteiger partial charge < -0.3 is 9.64 Å². The second-order valence-electron chi connectivity index (χ2n) is 7.64. The van der Waals surface area contributed by atoms with Gasteiger partial charge in [0.1, 0.15) is 5.75 Å². The fourth-order valence-corrected chi connectivity index (χ4v) is 3.58. The zero-order valence-corrected chi connectivity index (χ0v) is 18.2. The maximum absolute atomic E-state index is 13.3. The van der Waals surface area contributed by atoms with Crippen LogP contribution in [0.1, 0.15) is 22.5 Å². The van der Waals surface area contributed by atoms with Crippen molar-refractivity contribution >= 4 is 16.7 Å². The normalized spacial score (nSPS) is 10.8. The molecule has 1 aromatic heterocycles. The quantitative estimate of drug-likeness (QED) is 0.414. The molecule has 0 saturated heterocycles. The largest absolute Gasteiger partial charge is 0.493 e. The van der Waals surface area contributed by atoms with Crippen LogP contribution in [0.4, 0.5) is 0 Å². The number of hydrogen-bond donors (Lipinski definition) is 0. The van der Waals surface area contributed by atoms with Gasteiger partial charge in [0.25, 0.3) is 11.5 Å². The second kappa shape index (κ2) is 9.47. The third-order valence-electron chi connectivity index (χ3n) is 5.34. The Balaban J connectivity index is 1.55. The van der Waals surface area contributed by atoms with Crippen LogP contribution in [0.5, 0.6) is 5.75 Å². The number of aryl methyl sites for hydroxylation is 1. The fraction of sp³-hybridized carbons (Fsp3) is 0.192. The first kappa shape index (κ1) is 21.3. The van der Waals surface area contributed by atoms with Crippen LogP contribution >= 0.6 is 0 Å². The molecule has 3 aromatic carbocycles. The highest BCUT2D eigenvalue weighted by Crippen LogP contribution is 2.18. The van der Waals surface area contributed by atoms with Gasteiger partial charge in [-0.15, -0.1) is 0 Å². The third-order valence-corrected chi connectivity index (χ3v) is 5.34. The maximum Gasteiger partial charge on any atom is 0.279 e. The summed E-state index contributed by atoms with van der Waals surface area (Å²) in [5.74, 6) is 0.617. The lowest BCUT2D eigenvalue weighted by molar-refractivity contribution is 0.0782. The molecule has 0 aliphatic heterocycles. The number of para-hydroxylation sites is 2. The fourth-order valence-electron chi connectivity index (χ4n) is 3.58. The van der Waals surface area contributed by atoms with E-state index in [9.17, 15) is 9.59 Å². The summed E-state index contributed by atoms with van der Waals surface area (Å²) in [4.78, 5) is 27.9. The molecule has 0 fully saturated rings. The summed E-state index contributed by atoms with van der Waals surface area (Å²) < 4.78 is 7.13. The van der Waals surface area contributed by atoms with Crippen molar-refractivity contribution in [2.24, 2.45) is 0 Å². The summed E-state index contributed by atoms with van der Waals surface area (Å²) in [7, 11) is 1.74. The Hall–Kier alpha value is -3.93. The van der Waals surface area contributed by atoms with Gasteiger partial charge in [0.15, 0.2) is 5.69 Å². The first-order valence-corrected chi connectivity index (χ1v) is 10.6. The molecule has 1 heterocycles. The van der Waals surface area contributed by atoms with E-state index in [1.165, 1.54) is 4.68 Å². The summed E-state index contributed by atoms with van der Waals surface area (Å²) >= 11 is 0. The van der Waals surface area contributed by atoms with E-state index < -0.39 is 0 Å². The van der Waals surface area contributed by atoms with Crippen molar-refractivity contribution in [3.63, 3.8) is 0 Å². The van der Waals surface area contributed by atoms with Crippen molar-refractivity contribution in [2.45, 2.75) is 13.3 Å². The SMILES string of the molecule is Cc1ccccc1OCCCN(C)C(=O)c1nn(-c2ccccc2)c(=O)c2ccccc12. The van der Waals surface area contributed by atoms with Crippen molar-refractivity contribution < 1.29 is 9.53 Å². The third kappa shape index (κ3) is 4.39. The van der Waals surface area contributed by atoms with E-state index in [0.29, 0.717) is 36.0 Å². The molecule has 0 radical (unpaired) electrons. The van der Waals surface area contributed by atoms with Gasteiger partial charge in [0.2, 0.25) is 0 Å². The van der Waals surface area contributed by atoms with Crippen LogP contribution < -0.4 is 10.3 Å². The van der Waals surface area contributed by atoms with Gasteiger partial charge in [0.05, 0.1) is 17.7 Å². The van der Waals surface area contributed by atoms with E-state index in [4.69, 9.17) is 4.74 Å². The number of nitrogens with zero attached hydrogens (tertiary/aromatic N) is 3. The molecule has 162 valence electrons. The molecule has 6 heteroatoms. The minimum atomic E-state index is -0.252. The van der Waals surface area contributed by atoms with Crippen LogP contribution in [-0.4, -0.2) is 40.8 Å². The summed E-state index contributed by atoms with van der Waals surface area (Å²) in [5, 5.41) is 5.48. The van der Waals surface area contributed by atoms with Gasteiger partial charge >= 0.3 is 0 Å². The molecule has 6 nitrogen and oxygen atoms in total. The molecule has 32 heavy (non-hydrogen) atoms. The van der Waals surface area contributed by atoms with Gasteiger partial charge in [-0.1, -0.05) is 54.6 Å². The van der Waals surface area contributed by atoms with E-state index in [1.807, 2.05) is 55.5 Å². The number of amides is 1. The number of rotatable bonds is 7. The number of carbonyl (C=O) groups is 1. The summed E-state index contributed by atoms with van der Waals surface area (Å²) in [6.45, 7) is 3.01. The number of ether oxygens (including phenoxy) is 1. The first-order chi connectivity index (χ1) is 15.6. The van der Waals surface area contributed by atoms with E-state index >= 15 is 0 Å². The lowest BCUT2D eigenvalue weighted by atomic mass is 10.1. The minimum absolute atomic E-state index is 0.234. The number of benzene rings is 3. The highest BCUT2D eigenvalue weighted by atomic mass is 16.5. The van der Waals surface area contributed by atoms with Gasteiger partial charge in [-0.25, -0.2) is 0 Å². The smallest absolute Gasteiger partial charge is 0.279 e. The summed E-state index contributed by atoms with van der Waals surface area (Å²) in [6.07, 6.45) is 0.673. The van der Waals surface area contributed by atoms with Crippen molar-refractivity contribution in [1.82, 2.24) is 14.7 Å². The van der Waals surface area contributed by atoms with Crippen LogP contribution in [-0.2, 0) is 0 Å². The van der Waals surface area contributed by atoms with E-state index in [1.54, 1.807) is 42.3 Å². The molecular weight excluding hydrogens is 402 g/mol. The van der Waals surface area contributed by atoms with Crippen molar-refractivity contribution in [3.8, 4) is 11.4 Å². The molecule has 0 atom stereocenters. The van der Waals surface area contributed by atoms with Crippen LogP contribution in [0.25, 0.3) is 16.5 Å². The Morgan fingerprint density at radius 2 is 1.59 bits per heavy atom. The van der Waals surface area contributed by atoms with Crippen LogP contribution in [0.3, 0.4) is 0 Å². The molecule has 1 amide bonds. The Morgan fingerprint density at radius 1 is 0.938 bits per heavy atom. The summed E-state index contributed by atoms with van der Waals surface area (Å²) in [5.41, 5.74) is 1.70. The Bertz CT molecular complexity index is 1300. The first-order valence-electron chi connectivity index (χ1n) is 10.6. The molecule has 4 rings (SSSR count). The monoisotopic (exact) mass is 427 g/mol. The highest BCUT2D eigenvalue weighted by molar-refractivity contribution is 6.04. The second-order valence-corrected chi connectivity index (χ2v) is 7.64. The number of hydrogen-bond acceptors (Lipinski definition) is 4. The average Bonchev–Trinajstić information content (AvgIpc) is 2.83. The van der Waals surface area contributed by atoms with Crippen LogP contribution in [0.15, 0.2) is 83.7 Å². The van der Waals surface area contributed by atoms with Crippen molar-refractivity contribution in [3.05, 3.63) is 100 Å². The summed E-state index contributed by atoms with van der Waals surface area (Å²) in [6, 6.07) is 24.1. The molecule has 0 N–H and O–H groups in total. The van der Waals surface area contributed by atoms with Gasteiger partial charge in [-0.3, -0.25) is 9.59 Å². The Labute approximate surface area is 186 Å². The zero-order valence-electron chi connectivity index (χ0n) is 18.2. The van der Waals surface area contributed by atoms with Crippen LogP contribution in [0.2, 0.25) is 0 Å². The predicted molar refractivity (Wildman–Crippen MR) is 126 cm³/mol. The molecule has 0 unspecified atom stereocenters. The average molecular weight is 428 g/mol. The van der Waals surface area contributed by atoms with Gasteiger partial charge in [-0.2, -0.15) is 9.78 Å². The van der Waals surface area contributed by atoms with E-state index in [0.717, 1.165) is 11.3 Å². The molecule has 0 bridgehead atoms.